The second-order valence-corrected chi connectivity index (χ2v) is 7.31. The number of carbonyl (C=O) groups is 2. The van der Waals surface area contributed by atoms with E-state index in [1.165, 1.54) is 0 Å². The molecule has 0 bridgehead atoms. The Hall–Kier alpha value is -2.34. The van der Waals surface area contributed by atoms with Gasteiger partial charge in [0.05, 0.1) is 0 Å². The molecule has 144 valence electrons. The molecule has 1 aromatic carbocycles. The lowest BCUT2D eigenvalue weighted by molar-refractivity contribution is -0.122. The van der Waals surface area contributed by atoms with Crippen molar-refractivity contribution in [2.75, 3.05) is 13.1 Å². The van der Waals surface area contributed by atoms with E-state index in [2.05, 4.69) is 15.3 Å². The summed E-state index contributed by atoms with van der Waals surface area (Å²) in [5, 5.41) is 3.44. The Labute approximate surface area is 164 Å². The minimum absolute atomic E-state index is 0.0134. The van der Waals surface area contributed by atoms with Crippen molar-refractivity contribution in [1.29, 1.82) is 0 Å². The number of aromatic nitrogens is 2. The number of nitrogens with zero attached hydrogens (tertiary/aromatic N) is 2. The first-order valence-corrected chi connectivity index (χ1v) is 9.77. The highest BCUT2D eigenvalue weighted by Gasteiger charge is 2.31. The van der Waals surface area contributed by atoms with Crippen LogP contribution >= 0.6 is 11.6 Å². The quantitative estimate of drug-likeness (QED) is 0.822. The molecule has 2 amide bonds. The van der Waals surface area contributed by atoms with Gasteiger partial charge in [-0.15, -0.1) is 0 Å². The lowest BCUT2D eigenvalue weighted by atomic mass is 9.98. The van der Waals surface area contributed by atoms with Crippen LogP contribution < -0.4 is 5.32 Å². The molecule has 1 aliphatic heterocycles. The van der Waals surface area contributed by atoms with Gasteiger partial charge in [0.25, 0.3) is 5.91 Å². The number of piperidine rings is 1. The van der Waals surface area contributed by atoms with Gasteiger partial charge in [-0.1, -0.05) is 23.7 Å². The largest absolute Gasteiger partial charge is 0.356 e. The number of likely N-dealkylation sites (tertiary alicyclic amines) is 1. The number of hydrogen-bond acceptors (Lipinski definition) is 3. The summed E-state index contributed by atoms with van der Waals surface area (Å²) >= 11 is 6.06. The Morgan fingerprint density at radius 3 is 2.93 bits per heavy atom. The molecule has 1 saturated heterocycles. The number of benzene rings is 1. The number of amides is 2. The van der Waals surface area contributed by atoms with E-state index in [1.54, 1.807) is 6.07 Å². The molecule has 0 spiro atoms. The molecule has 2 aromatic rings. The molecule has 1 aliphatic rings. The summed E-state index contributed by atoms with van der Waals surface area (Å²) in [7, 11) is 0. The monoisotopic (exact) mass is 388 g/mol. The molecule has 1 fully saturated rings. The summed E-state index contributed by atoms with van der Waals surface area (Å²) in [6.07, 6.45) is 3.15. The van der Waals surface area contributed by atoms with Gasteiger partial charge in [-0.05, 0) is 45.2 Å². The number of halogens is 1. The zero-order valence-electron chi connectivity index (χ0n) is 15.7. The van der Waals surface area contributed by atoms with Crippen LogP contribution in [0.3, 0.4) is 0 Å². The van der Waals surface area contributed by atoms with Crippen LogP contribution in [0.25, 0.3) is 11.4 Å². The highest BCUT2D eigenvalue weighted by atomic mass is 35.5. The van der Waals surface area contributed by atoms with Gasteiger partial charge in [-0.25, -0.2) is 4.98 Å². The van der Waals surface area contributed by atoms with Crippen molar-refractivity contribution >= 4 is 23.4 Å². The summed E-state index contributed by atoms with van der Waals surface area (Å²) in [4.78, 5) is 34.7. The van der Waals surface area contributed by atoms with E-state index in [1.807, 2.05) is 36.9 Å². The predicted octanol–water partition coefficient (Wildman–Crippen LogP) is 3.56. The van der Waals surface area contributed by atoms with Gasteiger partial charge in [0.1, 0.15) is 11.5 Å². The standard InChI is InChI=1S/C20H25ClN4O2/c1-3-22-17(26)12-16-9-4-5-10-25(16)20(27)18-13(2)23-19(24-18)14-7-6-8-15(21)11-14/h6-8,11,16H,3-5,9-10,12H2,1-2H3,(H,22,26)(H,23,24). The Morgan fingerprint density at radius 1 is 1.37 bits per heavy atom. The Kier molecular flexibility index (Phi) is 6.16. The van der Waals surface area contributed by atoms with E-state index in [-0.39, 0.29) is 17.9 Å². The highest BCUT2D eigenvalue weighted by molar-refractivity contribution is 6.30. The third-order valence-corrected chi connectivity index (χ3v) is 5.10. The molecular weight excluding hydrogens is 364 g/mol. The first-order valence-electron chi connectivity index (χ1n) is 9.39. The van der Waals surface area contributed by atoms with Crippen molar-refractivity contribution in [3.8, 4) is 11.4 Å². The Morgan fingerprint density at radius 2 is 2.19 bits per heavy atom. The molecule has 1 unspecified atom stereocenters. The van der Waals surface area contributed by atoms with Gasteiger partial charge in [-0.2, -0.15) is 0 Å². The average Bonchev–Trinajstić information content (AvgIpc) is 3.03. The fourth-order valence-corrected chi connectivity index (χ4v) is 3.73. The third-order valence-electron chi connectivity index (χ3n) is 4.87. The zero-order valence-corrected chi connectivity index (χ0v) is 16.5. The van der Waals surface area contributed by atoms with Crippen molar-refractivity contribution < 1.29 is 9.59 Å². The van der Waals surface area contributed by atoms with Crippen LogP contribution in [0.15, 0.2) is 24.3 Å². The minimum atomic E-state index is -0.119. The van der Waals surface area contributed by atoms with Crippen LogP contribution in [0.5, 0.6) is 0 Å². The smallest absolute Gasteiger partial charge is 0.274 e. The van der Waals surface area contributed by atoms with Crippen LogP contribution in [-0.2, 0) is 4.79 Å². The van der Waals surface area contributed by atoms with Gasteiger partial charge in [0.15, 0.2) is 0 Å². The van der Waals surface area contributed by atoms with Gasteiger partial charge in [-0.3, -0.25) is 9.59 Å². The zero-order chi connectivity index (χ0) is 19.4. The summed E-state index contributed by atoms with van der Waals surface area (Å²) in [5.41, 5.74) is 1.97. The van der Waals surface area contributed by atoms with Gasteiger partial charge in [0, 0.05) is 41.8 Å². The normalized spacial score (nSPS) is 17.0. The van der Waals surface area contributed by atoms with Crippen molar-refractivity contribution in [2.24, 2.45) is 0 Å². The summed E-state index contributed by atoms with van der Waals surface area (Å²) in [5.74, 6) is 0.488. The van der Waals surface area contributed by atoms with E-state index in [9.17, 15) is 9.59 Å². The van der Waals surface area contributed by atoms with Crippen molar-refractivity contribution in [2.45, 2.75) is 45.6 Å². The predicted molar refractivity (Wildman–Crippen MR) is 106 cm³/mol. The van der Waals surface area contributed by atoms with Crippen molar-refractivity contribution in [3.63, 3.8) is 0 Å². The Bertz CT molecular complexity index is 833. The second kappa shape index (κ2) is 8.57. The van der Waals surface area contributed by atoms with Crippen LogP contribution in [0, 0.1) is 6.92 Å². The molecule has 1 aromatic heterocycles. The highest BCUT2D eigenvalue weighted by Crippen LogP contribution is 2.25. The maximum atomic E-state index is 13.2. The van der Waals surface area contributed by atoms with E-state index >= 15 is 0 Å². The number of carbonyl (C=O) groups excluding carboxylic acids is 2. The molecule has 1 atom stereocenters. The minimum Gasteiger partial charge on any atom is -0.356 e. The molecule has 0 saturated carbocycles. The number of aromatic amines is 1. The molecule has 6 nitrogen and oxygen atoms in total. The fraction of sp³-hybridized carbons (Fsp3) is 0.450. The molecule has 27 heavy (non-hydrogen) atoms. The second-order valence-electron chi connectivity index (χ2n) is 6.88. The number of nitrogens with one attached hydrogen (secondary N) is 2. The SMILES string of the molecule is CCNC(=O)CC1CCCCN1C(=O)c1nc(-c2cccc(Cl)c2)[nH]c1C. The fourth-order valence-electron chi connectivity index (χ4n) is 3.54. The maximum absolute atomic E-state index is 13.2. The van der Waals surface area contributed by atoms with Crippen LogP contribution in [0.2, 0.25) is 5.02 Å². The summed E-state index contributed by atoms with van der Waals surface area (Å²) in [6.45, 7) is 4.99. The Balaban J connectivity index is 1.82. The van der Waals surface area contributed by atoms with Crippen molar-refractivity contribution in [3.05, 3.63) is 40.7 Å². The van der Waals surface area contributed by atoms with Crippen LogP contribution in [0.4, 0.5) is 0 Å². The third kappa shape index (κ3) is 4.50. The summed E-state index contributed by atoms with van der Waals surface area (Å²) < 4.78 is 0. The first kappa shape index (κ1) is 19.4. The van der Waals surface area contributed by atoms with Crippen molar-refractivity contribution in [1.82, 2.24) is 20.2 Å². The van der Waals surface area contributed by atoms with E-state index < -0.39 is 0 Å². The molecule has 7 heteroatoms. The van der Waals surface area contributed by atoms with E-state index in [4.69, 9.17) is 11.6 Å². The van der Waals surface area contributed by atoms with E-state index in [0.29, 0.717) is 36.1 Å². The number of imidazole rings is 1. The first-order chi connectivity index (χ1) is 13.0. The number of aryl methyl sites for hydroxylation is 1. The van der Waals surface area contributed by atoms with Gasteiger partial charge >= 0.3 is 0 Å². The maximum Gasteiger partial charge on any atom is 0.274 e. The van der Waals surface area contributed by atoms with Gasteiger partial charge in [0.2, 0.25) is 5.91 Å². The molecule has 2 heterocycles. The topological polar surface area (TPSA) is 78.1 Å². The lowest BCUT2D eigenvalue weighted by Gasteiger charge is -2.35. The number of H-pyrrole nitrogens is 1. The average molecular weight is 389 g/mol. The molecule has 2 N–H and O–H groups in total. The molecule has 0 radical (unpaired) electrons. The van der Waals surface area contributed by atoms with Gasteiger partial charge < -0.3 is 15.2 Å². The molecule has 3 rings (SSSR count). The summed E-state index contributed by atoms with van der Waals surface area (Å²) in [6, 6.07) is 7.28. The van der Waals surface area contributed by atoms with Crippen LogP contribution in [-0.4, -0.2) is 45.8 Å². The molecule has 0 aliphatic carbocycles. The molecular formula is C20H25ClN4O2. The number of hydrogen-bond donors (Lipinski definition) is 2. The van der Waals surface area contributed by atoms with Crippen LogP contribution in [0.1, 0.15) is 48.8 Å². The van der Waals surface area contributed by atoms with E-state index in [0.717, 1.165) is 30.5 Å². The number of rotatable bonds is 5. The lowest BCUT2D eigenvalue weighted by Crippen LogP contribution is -2.46.